The summed E-state index contributed by atoms with van der Waals surface area (Å²) in [5.41, 5.74) is 2.54. The first kappa shape index (κ1) is 12.4. The Balaban J connectivity index is 2.61. The summed E-state index contributed by atoms with van der Waals surface area (Å²) in [7, 11) is 0. The molecule has 0 spiro atoms. The van der Waals surface area contributed by atoms with E-state index in [-0.39, 0.29) is 0 Å². The fourth-order valence-electron chi connectivity index (χ4n) is 1.45. The Labute approximate surface area is 98.2 Å². The zero-order valence-electron chi connectivity index (χ0n) is 10.1. The van der Waals surface area contributed by atoms with Gasteiger partial charge in [-0.3, -0.25) is 0 Å². The minimum absolute atomic E-state index is 0.456. The Morgan fingerprint density at radius 3 is 2.69 bits per heavy atom. The summed E-state index contributed by atoms with van der Waals surface area (Å²) in [6.07, 6.45) is 6.38. The molecule has 0 aliphatic rings. The van der Waals surface area contributed by atoms with Crippen molar-refractivity contribution < 1.29 is 0 Å². The number of rotatable bonds is 5. The standard InChI is InChI=1S/C15H19N/c1-13(12-16-3)8-7-9-14(2)15-10-5-4-6-11-15/h4-11,13H,3,12H2,1-2H3/b8-7-,14-9+. The van der Waals surface area contributed by atoms with Gasteiger partial charge in [0, 0.05) is 6.54 Å². The van der Waals surface area contributed by atoms with Crippen LogP contribution >= 0.6 is 0 Å². The van der Waals surface area contributed by atoms with E-state index in [4.69, 9.17) is 0 Å². The highest BCUT2D eigenvalue weighted by Gasteiger charge is 1.93. The minimum Gasteiger partial charge on any atom is -0.300 e. The Hall–Kier alpha value is -1.63. The van der Waals surface area contributed by atoms with Crippen molar-refractivity contribution in [1.29, 1.82) is 0 Å². The third-order valence-corrected chi connectivity index (χ3v) is 2.43. The maximum atomic E-state index is 3.87. The molecule has 0 aromatic heterocycles. The minimum atomic E-state index is 0.456. The van der Waals surface area contributed by atoms with E-state index in [1.54, 1.807) is 0 Å². The zero-order chi connectivity index (χ0) is 11.8. The highest BCUT2D eigenvalue weighted by Crippen LogP contribution is 2.12. The van der Waals surface area contributed by atoms with Gasteiger partial charge in [-0.25, -0.2) is 0 Å². The first-order chi connectivity index (χ1) is 7.74. The van der Waals surface area contributed by atoms with Crippen molar-refractivity contribution >= 4 is 12.3 Å². The molecule has 0 aliphatic heterocycles. The molecule has 0 radical (unpaired) electrons. The summed E-state index contributed by atoms with van der Waals surface area (Å²) in [5, 5.41) is 0. The molecule has 0 amide bonds. The summed E-state index contributed by atoms with van der Waals surface area (Å²) in [6, 6.07) is 10.4. The molecule has 0 N–H and O–H groups in total. The van der Waals surface area contributed by atoms with E-state index in [1.165, 1.54) is 11.1 Å². The van der Waals surface area contributed by atoms with Crippen LogP contribution in [0.4, 0.5) is 0 Å². The number of allylic oxidation sites excluding steroid dienone is 3. The molecule has 1 atom stereocenters. The average molecular weight is 213 g/mol. The maximum absolute atomic E-state index is 3.87. The number of hydrogen-bond donors (Lipinski definition) is 0. The van der Waals surface area contributed by atoms with Gasteiger partial charge in [-0.1, -0.05) is 55.5 Å². The summed E-state index contributed by atoms with van der Waals surface area (Å²) in [6.45, 7) is 8.54. The normalized spacial score (nSPS) is 14.0. The van der Waals surface area contributed by atoms with E-state index < -0.39 is 0 Å². The van der Waals surface area contributed by atoms with Gasteiger partial charge in [0.05, 0.1) is 0 Å². The molecule has 84 valence electrons. The van der Waals surface area contributed by atoms with Crippen LogP contribution in [0.1, 0.15) is 19.4 Å². The van der Waals surface area contributed by atoms with Gasteiger partial charge < -0.3 is 4.99 Å². The van der Waals surface area contributed by atoms with Gasteiger partial charge in [0.1, 0.15) is 0 Å². The Kier molecular flexibility index (Phi) is 5.27. The van der Waals surface area contributed by atoms with Crippen LogP contribution in [0.5, 0.6) is 0 Å². The second kappa shape index (κ2) is 6.78. The molecule has 0 heterocycles. The molecule has 1 nitrogen and oxygen atoms in total. The third kappa shape index (κ3) is 4.26. The van der Waals surface area contributed by atoms with E-state index in [0.29, 0.717) is 5.92 Å². The lowest BCUT2D eigenvalue weighted by atomic mass is 10.1. The monoisotopic (exact) mass is 213 g/mol. The van der Waals surface area contributed by atoms with Crippen LogP contribution in [0.25, 0.3) is 5.57 Å². The summed E-state index contributed by atoms with van der Waals surface area (Å²) in [5.74, 6) is 0.456. The van der Waals surface area contributed by atoms with Crippen LogP contribution in [0.15, 0.2) is 53.6 Å². The number of hydrogen-bond acceptors (Lipinski definition) is 1. The molecule has 1 aromatic carbocycles. The molecule has 1 aromatic rings. The van der Waals surface area contributed by atoms with Crippen LogP contribution in [0, 0.1) is 5.92 Å². The van der Waals surface area contributed by atoms with Crippen LogP contribution in [-0.2, 0) is 0 Å². The fourth-order valence-corrected chi connectivity index (χ4v) is 1.45. The predicted molar refractivity (Wildman–Crippen MR) is 72.8 cm³/mol. The highest BCUT2D eigenvalue weighted by atomic mass is 14.7. The van der Waals surface area contributed by atoms with Crippen LogP contribution < -0.4 is 0 Å². The van der Waals surface area contributed by atoms with E-state index in [2.05, 4.69) is 68.1 Å². The van der Waals surface area contributed by atoms with Gasteiger partial charge in [0.15, 0.2) is 0 Å². The van der Waals surface area contributed by atoms with Gasteiger partial charge in [0.2, 0.25) is 0 Å². The van der Waals surface area contributed by atoms with Crippen LogP contribution in [0.2, 0.25) is 0 Å². The molecule has 0 aliphatic carbocycles. The van der Waals surface area contributed by atoms with Crippen molar-refractivity contribution in [3.05, 3.63) is 54.1 Å². The van der Waals surface area contributed by atoms with Crippen molar-refractivity contribution in [3.63, 3.8) is 0 Å². The highest BCUT2D eigenvalue weighted by molar-refractivity contribution is 5.64. The lowest BCUT2D eigenvalue weighted by molar-refractivity contribution is 0.745. The molecule has 1 heteroatoms. The van der Waals surface area contributed by atoms with Gasteiger partial charge >= 0.3 is 0 Å². The lowest BCUT2D eigenvalue weighted by Crippen LogP contribution is -1.92. The molecular weight excluding hydrogens is 194 g/mol. The van der Waals surface area contributed by atoms with Crippen LogP contribution in [0.3, 0.4) is 0 Å². The molecule has 16 heavy (non-hydrogen) atoms. The first-order valence-electron chi connectivity index (χ1n) is 5.57. The largest absolute Gasteiger partial charge is 0.300 e. The number of benzene rings is 1. The zero-order valence-corrected chi connectivity index (χ0v) is 10.1. The van der Waals surface area contributed by atoms with Crippen molar-refractivity contribution in [1.82, 2.24) is 0 Å². The topological polar surface area (TPSA) is 12.4 Å². The Morgan fingerprint density at radius 2 is 2.06 bits per heavy atom. The van der Waals surface area contributed by atoms with E-state index >= 15 is 0 Å². The van der Waals surface area contributed by atoms with Gasteiger partial charge in [0.25, 0.3) is 0 Å². The third-order valence-electron chi connectivity index (χ3n) is 2.43. The van der Waals surface area contributed by atoms with Crippen molar-refractivity contribution in [2.75, 3.05) is 6.54 Å². The first-order valence-corrected chi connectivity index (χ1v) is 5.57. The number of nitrogens with zero attached hydrogens (tertiary/aromatic N) is 1. The van der Waals surface area contributed by atoms with E-state index in [1.807, 2.05) is 6.07 Å². The smallest absolute Gasteiger partial charge is 0.0442 e. The second-order valence-electron chi connectivity index (χ2n) is 3.98. The van der Waals surface area contributed by atoms with Crippen molar-refractivity contribution in [3.8, 4) is 0 Å². The predicted octanol–water partition coefficient (Wildman–Crippen LogP) is 3.98. The molecule has 1 rings (SSSR count). The quantitative estimate of drug-likeness (QED) is 0.518. The average Bonchev–Trinajstić information content (AvgIpc) is 2.30. The molecule has 0 bridgehead atoms. The molecular formula is C15H19N. The lowest BCUT2D eigenvalue weighted by Gasteiger charge is -2.00. The SMILES string of the molecule is C=NCC(C)/C=C\C=C(/C)c1ccccc1. The van der Waals surface area contributed by atoms with Crippen LogP contribution in [-0.4, -0.2) is 13.3 Å². The molecule has 0 saturated heterocycles. The maximum Gasteiger partial charge on any atom is 0.0442 e. The van der Waals surface area contributed by atoms with Gasteiger partial charge in [-0.15, -0.1) is 0 Å². The summed E-state index contributed by atoms with van der Waals surface area (Å²) < 4.78 is 0. The van der Waals surface area contributed by atoms with Gasteiger partial charge in [-0.2, -0.15) is 0 Å². The number of aliphatic imine (C=N–C) groups is 1. The molecule has 1 unspecified atom stereocenters. The Bertz CT molecular complexity index is 374. The van der Waals surface area contributed by atoms with Gasteiger partial charge in [-0.05, 0) is 30.7 Å². The van der Waals surface area contributed by atoms with Crippen molar-refractivity contribution in [2.24, 2.45) is 10.9 Å². The fraction of sp³-hybridized carbons (Fsp3) is 0.267. The second-order valence-corrected chi connectivity index (χ2v) is 3.98. The summed E-state index contributed by atoms with van der Waals surface area (Å²) >= 11 is 0. The van der Waals surface area contributed by atoms with Crippen molar-refractivity contribution in [2.45, 2.75) is 13.8 Å². The molecule has 0 saturated carbocycles. The Morgan fingerprint density at radius 1 is 1.38 bits per heavy atom. The molecule has 0 fully saturated rings. The van der Waals surface area contributed by atoms with E-state index in [0.717, 1.165) is 6.54 Å². The summed E-state index contributed by atoms with van der Waals surface area (Å²) in [4.78, 5) is 3.87. The van der Waals surface area contributed by atoms with E-state index in [9.17, 15) is 0 Å².